The molecule has 0 unspecified atom stereocenters. The van der Waals surface area contributed by atoms with Gasteiger partial charge in [-0.1, -0.05) is 72.3 Å². The highest BCUT2D eigenvalue weighted by Crippen LogP contribution is 2.41. The number of carbonyl (C=O) groups excluding carboxylic acids is 1. The predicted octanol–water partition coefficient (Wildman–Crippen LogP) is 6.85. The smallest absolute Gasteiger partial charge is 0.342 e. The molecule has 1 N–H and O–H groups in total. The third kappa shape index (κ3) is 4.12. The van der Waals surface area contributed by atoms with E-state index in [1.165, 1.54) is 0 Å². The van der Waals surface area contributed by atoms with Crippen LogP contribution >= 0.6 is 0 Å². The lowest BCUT2D eigenvalue weighted by Gasteiger charge is -2.13. The second-order valence-electron chi connectivity index (χ2n) is 8.61. The van der Waals surface area contributed by atoms with Gasteiger partial charge in [0.1, 0.15) is 16.9 Å². The molecule has 0 aliphatic heterocycles. The van der Waals surface area contributed by atoms with E-state index in [4.69, 9.17) is 9.15 Å². The number of aryl methyl sites for hydroxylation is 2. The maximum absolute atomic E-state index is 13.4. The van der Waals surface area contributed by atoms with E-state index in [2.05, 4.69) is 4.72 Å². The lowest BCUT2D eigenvalue weighted by molar-refractivity contribution is 0.0528. The molecule has 0 fully saturated rings. The van der Waals surface area contributed by atoms with E-state index in [1.807, 2.05) is 67.6 Å². The molecule has 0 spiro atoms. The summed E-state index contributed by atoms with van der Waals surface area (Å²) in [5, 5.41) is 1.81. The molecule has 0 aliphatic carbocycles. The zero-order chi connectivity index (χ0) is 25.4. The minimum Gasteiger partial charge on any atom is -0.462 e. The zero-order valence-corrected chi connectivity index (χ0v) is 21.0. The molecule has 0 aliphatic rings. The maximum Gasteiger partial charge on any atom is 0.342 e. The van der Waals surface area contributed by atoms with Crippen molar-refractivity contribution in [2.75, 3.05) is 11.3 Å². The molecule has 0 saturated heterocycles. The van der Waals surface area contributed by atoms with Crippen molar-refractivity contribution in [3.63, 3.8) is 0 Å². The fourth-order valence-corrected chi connectivity index (χ4v) is 5.80. The Kier molecular flexibility index (Phi) is 6.02. The molecule has 0 bridgehead atoms. The van der Waals surface area contributed by atoms with Gasteiger partial charge >= 0.3 is 5.97 Å². The van der Waals surface area contributed by atoms with E-state index in [1.54, 1.807) is 32.0 Å². The second kappa shape index (κ2) is 9.17. The topological polar surface area (TPSA) is 85.6 Å². The standard InChI is InChI=1S/C29H25NO5S/c1-4-34-29(31)26-23-17-24(30-36(32,33)25-15-14-18(2)16-19(25)3)21-12-8-9-13-22(21)28(23)35-27(26)20-10-6-5-7-11-20/h5-17,30H,4H2,1-3H3. The fourth-order valence-electron chi connectivity index (χ4n) is 4.50. The summed E-state index contributed by atoms with van der Waals surface area (Å²) in [6.45, 7) is 5.61. The fraction of sp³-hybridized carbons (Fsp3) is 0.138. The number of hydrogen-bond donors (Lipinski definition) is 1. The van der Waals surface area contributed by atoms with Crippen LogP contribution in [0.25, 0.3) is 33.1 Å². The normalized spacial score (nSPS) is 11.6. The molecule has 7 heteroatoms. The average molecular weight is 500 g/mol. The van der Waals surface area contributed by atoms with Crippen LogP contribution < -0.4 is 4.72 Å². The number of furan rings is 1. The number of esters is 1. The number of ether oxygens (including phenoxy) is 1. The molecule has 5 rings (SSSR count). The molecule has 5 aromatic rings. The Balaban J connectivity index is 1.78. The number of carbonyl (C=O) groups is 1. The molecule has 182 valence electrons. The van der Waals surface area contributed by atoms with Crippen molar-refractivity contribution in [2.45, 2.75) is 25.7 Å². The molecule has 4 aromatic carbocycles. The van der Waals surface area contributed by atoms with Crippen LogP contribution in [-0.4, -0.2) is 21.0 Å². The Morgan fingerprint density at radius 3 is 2.28 bits per heavy atom. The molecule has 0 saturated carbocycles. The van der Waals surface area contributed by atoms with Crippen molar-refractivity contribution in [1.29, 1.82) is 0 Å². The monoisotopic (exact) mass is 499 g/mol. The number of sulfonamides is 1. The average Bonchev–Trinajstić information content (AvgIpc) is 3.24. The van der Waals surface area contributed by atoms with Crippen molar-refractivity contribution in [2.24, 2.45) is 0 Å². The number of nitrogens with one attached hydrogen (secondary N) is 1. The first kappa shape index (κ1) is 23.6. The van der Waals surface area contributed by atoms with Crippen LogP contribution in [-0.2, 0) is 14.8 Å². The van der Waals surface area contributed by atoms with E-state index in [-0.39, 0.29) is 17.1 Å². The van der Waals surface area contributed by atoms with Crippen molar-refractivity contribution in [3.05, 3.63) is 95.6 Å². The third-order valence-electron chi connectivity index (χ3n) is 6.08. The highest BCUT2D eigenvalue weighted by atomic mass is 32.2. The molecule has 0 atom stereocenters. The van der Waals surface area contributed by atoms with E-state index in [9.17, 15) is 13.2 Å². The minimum absolute atomic E-state index is 0.194. The Hall–Kier alpha value is -4.10. The number of fused-ring (bicyclic) bond motifs is 3. The highest BCUT2D eigenvalue weighted by molar-refractivity contribution is 7.92. The zero-order valence-electron chi connectivity index (χ0n) is 20.2. The van der Waals surface area contributed by atoms with E-state index < -0.39 is 16.0 Å². The van der Waals surface area contributed by atoms with Crippen molar-refractivity contribution >= 4 is 43.4 Å². The van der Waals surface area contributed by atoms with Gasteiger partial charge in [0, 0.05) is 21.7 Å². The van der Waals surface area contributed by atoms with Gasteiger partial charge in [-0.3, -0.25) is 4.72 Å². The number of rotatable bonds is 6. The van der Waals surface area contributed by atoms with Crippen molar-refractivity contribution in [1.82, 2.24) is 0 Å². The number of hydrogen-bond acceptors (Lipinski definition) is 5. The first-order valence-corrected chi connectivity index (χ1v) is 13.1. The summed E-state index contributed by atoms with van der Waals surface area (Å²) in [5.74, 6) is -0.155. The Bertz CT molecular complexity index is 1720. The van der Waals surface area contributed by atoms with Gasteiger partial charge in [-0.05, 0) is 38.5 Å². The van der Waals surface area contributed by atoms with E-state index in [0.717, 1.165) is 11.1 Å². The molecule has 1 heterocycles. The molecule has 0 amide bonds. The van der Waals surface area contributed by atoms with E-state index in [0.29, 0.717) is 38.8 Å². The highest BCUT2D eigenvalue weighted by Gasteiger charge is 2.27. The Morgan fingerprint density at radius 2 is 1.58 bits per heavy atom. The van der Waals surface area contributed by atoms with Crippen molar-refractivity contribution < 1.29 is 22.4 Å². The lowest BCUT2D eigenvalue weighted by atomic mass is 10.0. The van der Waals surface area contributed by atoms with Gasteiger partial charge in [-0.15, -0.1) is 0 Å². The van der Waals surface area contributed by atoms with Gasteiger partial charge in [0.2, 0.25) is 0 Å². The Labute approximate surface area is 209 Å². The molecular weight excluding hydrogens is 474 g/mol. The first-order chi connectivity index (χ1) is 17.3. The summed E-state index contributed by atoms with van der Waals surface area (Å²) in [5.41, 5.74) is 3.44. The summed E-state index contributed by atoms with van der Waals surface area (Å²) < 4.78 is 41.3. The largest absolute Gasteiger partial charge is 0.462 e. The van der Waals surface area contributed by atoms with Crippen LogP contribution in [0.3, 0.4) is 0 Å². The van der Waals surface area contributed by atoms with Crippen LogP contribution in [0.1, 0.15) is 28.4 Å². The van der Waals surface area contributed by atoms with Gasteiger partial charge in [0.15, 0.2) is 0 Å². The summed E-state index contributed by atoms with van der Waals surface area (Å²) in [4.78, 5) is 13.3. The minimum atomic E-state index is -3.91. The number of anilines is 1. The predicted molar refractivity (Wildman–Crippen MR) is 142 cm³/mol. The van der Waals surface area contributed by atoms with Gasteiger partial charge < -0.3 is 9.15 Å². The van der Waals surface area contributed by atoms with Crippen LogP contribution in [0.4, 0.5) is 5.69 Å². The Morgan fingerprint density at radius 1 is 0.889 bits per heavy atom. The summed E-state index contributed by atoms with van der Waals surface area (Å²) in [6, 6.07) is 23.5. The molecule has 0 radical (unpaired) electrons. The second-order valence-corrected chi connectivity index (χ2v) is 10.3. The molecular formula is C29H25NO5S. The third-order valence-corrected chi connectivity index (χ3v) is 7.60. The van der Waals surface area contributed by atoms with Crippen LogP contribution in [0.15, 0.2) is 88.2 Å². The molecule has 6 nitrogen and oxygen atoms in total. The lowest BCUT2D eigenvalue weighted by Crippen LogP contribution is -2.14. The van der Waals surface area contributed by atoms with Gasteiger partial charge in [-0.25, -0.2) is 13.2 Å². The van der Waals surface area contributed by atoms with Gasteiger partial charge in [0.05, 0.1) is 17.2 Å². The van der Waals surface area contributed by atoms with Crippen LogP contribution in [0, 0.1) is 13.8 Å². The summed E-state index contributed by atoms with van der Waals surface area (Å²) >= 11 is 0. The van der Waals surface area contributed by atoms with Crippen LogP contribution in [0.5, 0.6) is 0 Å². The van der Waals surface area contributed by atoms with Crippen molar-refractivity contribution in [3.8, 4) is 11.3 Å². The van der Waals surface area contributed by atoms with Gasteiger partial charge in [-0.2, -0.15) is 0 Å². The molecule has 1 aromatic heterocycles. The van der Waals surface area contributed by atoms with Gasteiger partial charge in [0.25, 0.3) is 10.0 Å². The van der Waals surface area contributed by atoms with E-state index >= 15 is 0 Å². The first-order valence-electron chi connectivity index (χ1n) is 11.6. The summed E-state index contributed by atoms with van der Waals surface area (Å²) in [7, 11) is -3.91. The molecule has 36 heavy (non-hydrogen) atoms. The maximum atomic E-state index is 13.4. The number of benzene rings is 4. The van der Waals surface area contributed by atoms with Crippen LogP contribution in [0.2, 0.25) is 0 Å². The SMILES string of the molecule is CCOC(=O)c1c(-c2ccccc2)oc2c1cc(NS(=O)(=O)c1ccc(C)cc1C)c1ccccc12. The quantitative estimate of drug-likeness (QED) is 0.258. The summed E-state index contributed by atoms with van der Waals surface area (Å²) in [6.07, 6.45) is 0.